The van der Waals surface area contributed by atoms with Crippen LogP contribution in [0, 0.1) is 17.6 Å². The highest BCUT2D eigenvalue weighted by molar-refractivity contribution is 9.10. The SMILES string of the molecule is CC(C(=O)O)C1c2cccc(F)c2N=C(c2ccc(Br)cc2)N1c1ccc(F)c(C(F)(F)F)c1. The molecule has 0 aromatic heterocycles. The van der Waals surface area contributed by atoms with Crippen LogP contribution in [0.25, 0.3) is 0 Å². The summed E-state index contributed by atoms with van der Waals surface area (Å²) < 4.78 is 70.0. The van der Waals surface area contributed by atoms with E-state index in [1.165, 1.54) is 30.0 Å². The highest BCUT2D eigenvalue weighted by Crippen LogP contribution is 2.45. The van der Waals surface area contributed by atoms with E-state index in [9.17, 15) is 31.9 Å². The molecule has 1 heterocycles. The first-order chi connectivity index (χ1) is 16.0. The second-order valence-electron chi connectivity index (χ2n) is 7.72. The number of benzene rings is 3. The van der Waals surface area contributed by atoms with Crippen molar-refractivity contribution in [3.05, 3.63) is 93.5 Å². The fourth-order valence-electron chi connectivity index (χ4n) is 3.91. The predicted molar refractivity (Wildman–Crippen MR) is 120 cm³/mol. The topological polar surface area (TPSA) is 52.9 Å². The summed E-state index contributed by atoms with van der Waals surface area (Å²) in [5.41, 5.74) is -1.16. The number of alkyl halides is 3. The molecule has 1 N–H and O–H groups in total. The fraction of sp³-hybridized carbons (Fsp3) is 0.167. The van der Waals surface area contributed by atoms with Crippen molar-refractivity contribution in [1.29, 1.82) is 0 Å². The van der Waals surface area contributed by atoms with Crippen molar-refractivity contribution < 1.29 is 31.9 Å². The summed E-state index contributed by atoms with van der Waals surface area (Å²) in [4.78, 5) is 17.7. The van der Waals surface area contributed by atoms with E-state index in [-0.39, 0.29) is 22.8 Å². The highest BCUT2D eigenvalue weighted by Gasteiger charge is 2.41. The Bertz CT molecular complexity index is 1290. The van der Waals surface area contributed by atoms with Gasteiger partial charge in [0.15, 0.2) is 0 Å². The summed E-state index contributed by atoms with van der Waals surface area (Å²) in [5, 5.41) is 9.81. The van der Waals surface area contributed by atoms with Crippen molar-refractivity contribution in [2.24, 2.45) is 10.9 Å². The number of anilines is 1. The maximum Gasteiger partial charge on any atom is 0.419 e. The molecular weight excluding hydrogens is 523 g/mol. The Balaban J connectivity index is 2.04. The van der Waals surface area contributed by atoms with Gasteiger partial charge in [-0.05, 0) is 43.3 Å². The standard InChI is InChI=1S/C24H16BrF5N2O2/c1-12(23(33)34)21-16-3-2-4-19(27)20(16)31-22(13-5-7-14(25)8-6-13)32(21)15-9-10-18(26)17(11-15)24(28,29)30/h2-12,21H,1H3,(H,33,34). The van der Waals surface area contributed by atoms with Crippen LogP contribution in [0.5, 0.6) is 0 Å². The van der Waals surface area contributed by atoms with Gasteiger partial charge in [0.25, 0.3) is 0 Å². The molecule has 4 nitrogen and oxygen atoms in total. The summed E-state index contributed by atoms with van der Waals surface area (Å²) in [7, 11) is 0. The molecule has 0 radical (unpaired) electrons. The lowest BCUT2D eigenvalue weighted by Crippen LogP contribution is -2.43. The first-order valence-electron chi connectivity index (χ1n) is 10.0. The van der Waals surface area contributed by atoms with Gasteiger partial charge in [-0.3, -0.25) is 4.79 Å². The van der Waals surface area contributed by atoms with E-state index in [2.05, 4.69) is 20.9 Å². The molecular formula is C24H16BrF5N2O2. The van der Waals surface area contributed by atoms with Crippen molar-refractivity contribution in [1.82, 2.24) is 0 Å². The number of aliphatic carboxylic acids is 1. The maximum absolute atomic E-state index is 14.8. The number of aliphatic imine (C=N–C) groups is 1. The van der Waals surface area contributed by atoms with Crippen LogP contribution >= 0.6 is 15.9 Å². The third-order valence-corrected chi connectivity index (χ3v) is 6.09. The molecule has 1 aliphatic heterocycles. The van der Waals surface area contributed by atoms with Gasteiger partial charge in [-0.15, -0.1) is 0 Å². The smallest absolute Gasteiger partial charge is 0.419 e. The average molecular weight is 539 g/mol. The molecule has 2 atom stereocenters. The van der Waals surface area contributed by atoms with Gasteiger partial charge in [0.2, 0.25) is 0 Å². The number of amidine groups is 1. The lowest BCUT2D eigenvalue weighted by Gasteiger charge is -2.40. The monoisotopic (exact) mass is 538 g/mol. The van der Waals surface area contributed by atoms with Gasteiger partial charge in [0, 0.05) is 21.3 Å². The molecule has 0 aliphatic carbocycles. The Morgan fingerprint density at radius 2 is 1.74 bits per heavy atom. The van der Waals surface area contributed by atoms with Crippen LogP contribution in [0.4, 0.5) is 33.3 Å². The second-order valence-corrected chi connectivity index (χ2v) is 8.64. The van der Waals surface area contributed by atoms with Crippen molar-refractivity contribution >= 4 is 39.1 Å². The zero-order valence-electron chi connectivity index (χ0n) is 17.4. The quantitative estimate of drug-likeness (QED) is 0.360. The van der Waals surface area contributed by atoms with Crippen molar-refractivity contribution in [3.63, 3.8) is 0 Å². The Kier molecular flexibility index (Phi) is 6.20. The minimum Gasteiger partial charge on any atom is -0.481 e. The largest absolute Gasteiger partial charge is 0.481 e. The molecule has 4 rings (SSSR count). The molecule has 0 saturated carbocycles. The van der Waals surface area contributed by atoms with E-state index in [1.54, 1.807) is 24.3 Å². The Hall–Kier alpha value is -3.27. The van der Waals surface area contributed by atoms with Crippen LogP contribution < -0.4 is 4.90 Å². The molecule has 0 amide bonds. The number of rotatable bonds is 4. The first-order valence-corrected chi connectivity index (χ1v) is 10.8. The van der Waals surface area contributed by atoms with E-state index in [4.69, 9.17) is 0 Å². The van der Waals surface area contributed by atoms with Gasteiger partial charge in [-0.2, -0.15) is 13.2 Å². The van der Waals surface area contributed by atoms with Crippen LogP contribution in [0.15, 0.2) is 70.1 Å². The maximum atomic E-state index is 14.8. The molecule has 3 aromatic rings. The Labute approximate surface area is 199 Å². The van der Waals surface area contributed by atoms with Crippen LogP contribution in [0.1, 0.15) is 29.7 Å². The van der Waals surface area contributed by atoms with Crippen LogP contribution in [0.2, 0.25) is 0 Å². The number of hydrogen-bond donors (Lipinski definition) is 1. The number of hydrogen-bond acceptors (Lipinski definition) is 3. The van der Waals surface area contributed by atoms with Gasteiger partial charge < -0.3 is 10.0 Å². The van der Waals surface area contributed by atoms with E-state index >= 15 is 0 Å². The van der Waals surface area contributed by atoms with Gasteiger partial charge >= 0.3 is 12.1 Å². The third-order valence-electron chi connectivity index (χ3n) is 5.56. The number of para-hydroxylation sites is 1. The molecule has 10 heteroatoms. The van der Waals surface area contributed by atoms with Crippen molar-refractivity contribution in [3.8, 4) is 0 Å². The molecule has 0 spiro atoms. The lowest BCUT2D eigenvalue weighted by molar-refractivity contribution is -0.142. The van der Waals surface area contributed by atoms with E-state index in [1.807, 2.05) is 0 Å². The number of carboxylic acid groups (broad SMARTS) is 1. The average Bonchev–Trinajstić information content (AvgIpc) is 2.78. The normalized spacial score (nSPS) is 16.6. The number of nitrogens with zero attached hydrogens (tertiary/aromatic N) is 2. The summed E-state index contributed by atoms with van der Waals surface area (Å²) in [5.74, 6) is -4.58. The van der Waals surface area contributed by atoms with Crippen molar-refractivity contribution in [2.75, 3.05) is 4.90 Å². The molecule has 176 valence electrons. The van der Waals surface area contributed by atoms with Gasteiger partial charge in [0.1, 0.15) is 23.2 Å². The molecule has 0 fully saturated rings. The molecule has 34 heavy (non-hydrogen) atoms. The van der Waals surface area contributed by atoms with Crippen molar-refractivity contribution in [2.45, 2.75) is 19.1 Å². The number of halogens is 6. The lowest BCUT2D eigenvalue weighted by atomic mass is 9.88. The summed E-state index contributed by atoms with van der Waals surface area (Å²) in [6.45, 7) is 1.37. The van der Waals surface area contributed by atoms with E-state index in [0.717, 1.165) is 6.07 Å². The second kappa shape index (κ2) is 8.83. The summed E-state index contributed by atoms with van der Waals surface area (Å²) >= 11 is 3.30. The predicted octanol–water partition coefficient (Wildman–Crippen LogP) is 7.11. The minimum absolute atomic E-state index is 0.0305. The highest BCUT2D eigenvalue weighted by atomic mass is 79.9. The summed E-state index contributed by atoms with van der Waals surface area (Å²) in [6.07, 6.45) is -4.98. The van der Waals surface area contributed by atoms with Gasteiger partial charge in [0.05, 0.1) is 17.5 Å². The van der Waals surface area contributed by atoms with Crippen LogP contribution in [0.3, 0.4) is 0 Å². The van der Waals surface area contributed by atoms with Gasteiger partial charge in [-0.1, -0.05) is 40.2 Å². The van der Waals surface area contributed by atoms with E-state index in [0.29, 0.717) is 22.2 Å². The fourth-order valence-corrected chi connectivity index (χ4v) is 4.18. The number of fused-ring (bicyclic) bond motifs is 1. The van der Waals surface area contributed by atoms with Crippen LogP contribution in [-0.4, -0.2) is 16.9 Å². The third kappa shape index (κ3) is 4.29. The van der Waals surface area contributed by atoms with Gasteiger partial charge in [-0.25, -0.2) is 13.8 Å². The molecule has 0 saturated heterocycles. The summed E-state index contributed by atoms with van der Waals surface area (Å²) in [6, 6.07) is 11.8. The number of carbonyl (C=O) groups is 1. The van der Waals surface area contributed by atoms with E-state index < -0.39 is 41.3 Å². The zero-order chi connectivity index (χ0) is 24.8. The number of carboxylic acids is 1. The Morgan fingerprint density at radius 1 is 1.06 bits per heavy atom. The minimum atomic E-state index is -4.98. The Morgan fingerprint density at radius 3 is 2.35 bits per heavy atom. The molecule has 3 aromatic carbocycles. The molecule has 1 aliphatic rings. The first kappa shape index (κ1) is 23.9. The molecule has 2 unspecified atom stereocenters. The molecule has 0 bridgehead atoms. The zero-order valence-corrected chi connectivity index (χ0v) is 19.0. The van der Waals surface area contributed by atoms with Crippen LogP contribution in [-0.2, 0) is 11.0 Å².